The third-order valence-corrected chi connectivity index (χ3v) is 6.55. The summed E-state index contributed by atoms with van der Waals surface area (Å²) in [5.41, 5.74) is 10.9. The van der Waals surface area contributed by atoms with E-state index in [4.69, 9.17) is 5.73 Å². The van der Waals surface area contributed by atoms with Gasteiger partial charge in [-0.05, 0) is 69.0 Å². The highest BCUT2D eigenvalue weighted by atomic mass is 19.4. The molecule has 1 atom stereocenters. The summed E-state index contributed by atoms with van der Waals surface area (Å²) in [6.45, 7) is 13.0. The Balaban J connectivity index is 1.72. The lowest BCUT2D eigenvalue weighted by atomic mass is 9.88. The van der Waals surface area contributed by atoms with Crippen LogP contribution in [-0.4, -0.2) is 33.9 Å². The van der Waals surface area contributed by atoms with Crippen molar-refractivity contribution >= 4 is 23.0 Å². The summed E-state index contributed by atoms with van der Waals surface area (Å²) in [4.78, 5) is 14.1. The minimum Gasteiger partial charge on any atom is -0.368 e. The molecule has 0 saturated carbocycles. The first-order chi connectivity index (χ1) is 17.9. The zero-order valence-electron chi connectivity index (χ0n) is 22.0. The molecule has 2 heterocycles. The number of alkyl halides is 3. The maximum atomic E-state index is 13.3. The number of aromatic nitrogens is 2. The van der Waals surface area contributed by atoms with Gasteiger partial charge in [0, 0.05) is 52.9 Å². The molecule has 4 rings (SSSR count). The number of aryl methyl sites for hydroxylation is 1. The zero-order chi connectivity index (χ0) is 27.7. The van der Waals surface area contributed by atoms with E-state index < -0.39 is 11.9 Å². The van der Waals surface area contributed by atoms with E-state index >= 15 is 0 Å². The first-order valence-corrected chi connectivity index (χ1v) is 12.4. The summed E-state index contributed by atoms with van der Waals surface area (Å²) in [6.07, 6.45) is 2.13. The Kier molecular flexibility index (Phi) is 7.44. The number of nitrogens with two attached hydrogens (primary N) is 1. The van der Waals surface area contributed by atoms with Gasteiger partial charge in [-0.25, -0.2) is 9.97 Å². The zero-order valence-corrected chi connectivity index (χ0v) is 22.0. The topological polar surface area (TPSA) is 67.4 Å². The molecule has 3 aromatic rings. The van der Waals surface area contributed by atoms with Gasteiger partial charge in [0.1, 0.15) is 5.71 Å². The molecule has 1 aliphatic heterocycles. The number of anilines is 2. The molecular weight excluding hydrogens is 487 g/mol. The molecule has 0 spiro atoms. The van der Waals surface area contributed by atoms with E-state index in [0.717, 1.165) is 45.3 Å². The normalized spacial score (nSPS) is 16.1. The molecule has 0 bridgehead atoms. The quantitative estimate of drug-likeness (QED) is 0.383. The van der Waals surface area contributed by atoms with Crippen LogP contribution in [0.4, 0.5) is 24.8 Å². The fourth-order valence-electron chi connectivity index (χ4n) is 4.81. The summed E-state index contributed by atoms with van der Waals surface area (Å²) in [6, 6.07) is 13.9. The summed E-state index contributed by atoms with van der Waals surface area (Å²) < 4.78 is 39.8. The van der Waals surface area contributed by atoms with Crippen LogP contribution in [0, 0.1) is 6.92 Å². The second-order valence-corrected chi connectivity index (χ2v) is 10.4. The minimum atomic E-state index is -4.46. The Hall–Kier alpha value is -3.94. The lowest BCUT2D eigenvalue weighted by Gasteiger charge is -2.41. The standard InChI is InChI=1S/C30H32F3N5/c1-19-16-22(23-17-36-28(34)37-18-23)10-12-26(19)38(29(3,4)5)20(2)24-8-6-7-9-25(24)21-11-13-27(30(31,32)33)35-15-14-21/h6-13,16-18,21H,2,14-15H2,1,3-5H3,(H2,34,36,37). The van der Waals surface area contributed by atoms with E-state index in [1.54, 1.807) is 18.5 Å². The van der Waals surface area contributed by atoms with Crippen LogP contribution in [0.1, 0.15) is 49.8 Å². The van der Waals surface area contributed by atoms with E-state index in [9.17, 15) is 13.2 Å². The Bertz CT molecular complexity index is 1380. The number of nitrogens with zero attached hydrogens (tertiary/aromatic N) is 4. The monoisotopic (exact) mass is 519 g/mol. The van der Waals surface area contributed by atoms with Gasteiger partial charge in [-0.1, -0.05) is 43.0 Å². The highest BCUT2D eigenvalue weighted by molar-refractivity contribution is 5.99. The van der Waals surface area contributed by atoms with E-state index in [0.29, 0.717) is 6.42 Å². The van der Waals surface area contributed by atoms with Crippen LogP contribution in [-0.2, 0) is 0 Å². The number of hydrogen-bond donors (Lipinski definition) is 1. The van der Waals surface area contributed by atoms with Crippen molar-refractivity contribution in [3.8, 4) is 11.1 Å². The van der Waals surface area contributed by atoms with Crippen LogP contribution >= 0.6 is 0 Å². The third kappa shape index (κ3) is 5.79. The van der Waals surface area contributed by atoms with Gasteiger partial charge in [-0.3, -0.25) is 4.99 Å². The Morgan fingerprint density at radius 3 is 2.34 bits per heavy atom. The highest BCUT2D eigenvalue weighted by Gasteiger charge is 2.35. The molecule has 1 unspecified atom stereocenters. The van der Waals surface area contributed by atoms with Crippen molar-refractivity contribution in [3.05, 3.63) is 90.3 Å². The predicted octanol–water partition coefficient (Wildman–Crippen LogP) is 7.36. The third-order valence-electron chi connectivity index (χ3n) is 6.55. The Labute approximate surface area is 221 Å². The average molecular weight is 520 g/mol. The van der Waals surface area contributed by atoms with Crippen LogP contribution in [0.2, 0.25) is 0 Å². The second-order valence-electron chi connectivity index (χ2n) is 10.4. The molecule has 5 nitrogen and oxygen atoms in total. The van der Waals surface area contributed by atoms with Gasteiger partial charge in [0.25, 0.3) is 0 Å². The van der Waals surface area contributed by atoms with Crippen molar-refractivity contribution in [2.24, 2.45) is 4.99 Å². The molecule has 0 saturated heterocycles. The van der Waals surface area contributed by atoms with E-state index in [-0.39, 0.29) is 23.9 Å². The van der Waals surface area contributed by atoms with Crippen molar-refractivity contribution in [3.63, 3.8) is 0 Å². The molecule has 38 heavy (non-hydrogen) atoms. The summed E-state index contributed by atoms with van der Waals surface area (Å²) in [5.74, 6) is 0.00280. The van der Waals surface area contributed by atoms with Gasteiger partial charge in [-0.2, -0.15) is 13.2 Å². The molecule has 1 aromatic heterocycles. The molecule has 0 radical (unpaired) electrons. The first kappa shape index (κ1) is 27.1. The summed E-state index contributed by atoms with van der Waals surface area (Å²) in [5, 5.41) is 0. The Morgan fingerprint density at radius 2 is 1.71 bits per heavy atom. The van der Waals surface area contributed by atoms with Crippen molar-refractivity contribution in [1.29, 1.82) is 0 Å². The summed E-state index contributed by atoms with van der Waals surface area (Å²) in [7, 11) is 0. The predicted molar refractivity (Wildman–Crippen MR) is 149 cm³/mol. The lowest BCUT2D eigenvalue weighted by Crippen LogP contribution is -2.40. The number of benzene rings is 2. The number of halogens is 3. The van der Waals surface area contributed by atoms with Crippen LogP contribution in [0.3, 0.4) is 0 Å². The Morgan fingerprint density at radius 1 is 1.03 bits per heavy atom. The van der Waals surface area contributed by atoms with Crippen molar-refractivity contribution in [2.75, 3.05) is 17.2 Å². The molecular formula is C30H32F3N5. The van der Waals surface area contributed by atoms with Gasteiger partial charge in [-0.15, -0.1) is 0 Å². The van der Waals surface area contributed by atoms with Crippen LogP contribution in [0.15, 0.2) is 78.6 Å². The van der Waals surface area contributed by atoms with Gasteiger partial charge < -0.3 is 10.6 Å². The molecule has 2 N–H and O–H groups in total. The number of rotatable bonds is 5. The number of hydrogen-bond acceptors (Lipinski definition) is 5. The lowest BCUT2D eigenvalue weighted by molar-refractivity contribution is -0.0578. The smallest absolute Gasteiger partial charge is 0.368 e. The average Bonchev–Trinajstić information content (AvgIpc) is 3.11. The fraction of sp³-hybridized carbons (Fsp3) is 0.300. The van der Waals surface area contributed by atoms with Gasteiger partial charge >= 0.3 is 6.18 Å². The van der Waals surface area contributed by atoms with Crippen LogP contribution < -0.4 is 10.6 Å². The van der Waals surface area contributed by atoms with Crippen molar-refractivity contribution in [1.82, 2.24) is 9.97 Å². The molecule has 2 aromatic carbocycles. The van der Waals surface area contributed by atoms with E-state index in [2.05, 4.69) is 59.3 Å². The molecule has 0 amide bonds. The largest absolute Gasteiger partial charge is 0.432 e. The van der Waals surface area contributed by atoms with Crippen molar-refractivity contribution in [2.45, 2.75) is 51.7 Å². The van der Waals surface area contributed by atoms with Crippen LogP contribution in [0.5, 0.6) is 0 Å². The highest BCUT2D eigenvalue weighted by Crippen LogP contribution is 2.39. The molecule has 1 aliphatic rings. The SMILES string of the molecule is C=C(c1ccccc1C1C=CC(C(F)(F)F)=NCC1)N(c1ccc(-c2cnc(N)nc2)cc1C)C(C)(C)C. The number of nitrogen functional groups attached to an aromatic ring is 1. The summed E-state index contributed by atoms with van der Waals surface area (Å²) >= 11 is 0. The molecule has 198 valence electrons. The van der Waals surface area contributed by atoms with Gasteiger partial charge in [0.2, 0.25) is 5.95 Å². The minimum absolute atomic E-state index is 0.103. The first-order valence-electron chi connectivity index (χ1n) is 12.4. The van der Waals surface area contributed by atoms with E-state index in [1.807, 2.05) is 37.3 Å². The molecule has 0 fully saturated rings. The molecule has 8 heteroatoms. The van der Waals surface area contributed by atoms with Gasteiger partial charge in [0.15, 0.2) is 0 Å². The van der Waals surface area contributed by atoms with Gasteiger partial charge in [0.05, 0.1) is 0 Å². The maximum Gasteiger partial charge on any atom is 0.432 e. The van der Waals surface area contributed by atoms with Crippen LogP contribution in [0.25, 0.3) is 16.8 Å². The number of allylic oxidation sites excluding steroid dienone is 2. The van der Waals surface area contributed by atoms with Crippen molar-refractivity contribution < 1.29 is 13.2 Å². The fourth-order valence-corrected chi connectivity index (χ4v) is 4.81. The number of aliphatic imine (C=N–C) groups is 1. The maximum absolute atomic E-state index is 13.3. The van der Waals surface area contributed by atoms with E-state index in [1.165, 1.54) is 0 Å². The molecule has 0 aliphatic carbocycles. The second kappa shape index (κ2) is 10.4.